The van der Waals surface area contributed by atoms with Crippen LogP contribution in [-0.2, 0) is 0 Å². The number of nitrogens with zero attached hydrogens (tertiary/aromatic N) is 1. The molecule has 0 aromatic rings. The molecule has 1 saturated heterocycles. The van der Waals surface area contributed by atoms with Gasteiger partial charge in [0.05, 0.1) is 6.10 Å². The van der Waals surface area contributed by atoms with E-state index < -0.39 is 0 Å². The summed E-state index contributed by atoms with van der Waals surface area (Å²) >= 11 is 0. The van der Waals surface area contributed by atoms with Crippen LogP contribution in [0.5, 0.6) is 0 Å². The lowest BCUT2D eigenvalue weighted by Gasteiger charge is -2.29. The molecule has 0 unspecified atom stereocenters. The zero-order valence-corrected chi connectivity index (χ0v) is 9.62. The maximum atomic E-state index is 9.05. The van der Waals surface area contributed by atoms with Crippen molar-refractivity contribution >= 4 is 0 Å². The molecule has 1 heterocycles. The third-order valence-electron chi connectivity index (χ3n) is 1.62. The average molecular weight is 191 g/mol. The normalized spacial score (nSPS) is 27.9. The molecule has 3 nitrogen and oxygen atoms in total. The van der Waals surface area contributed by atoms with Crippen LogP contribution in [0.1, 0.15) is 41.0 Å². The molecule has 1 aliphatic heterocycles. The predicted octanol–water partition coefficient (Wildman–Crippen LogP) is 2.13. The molecule has 0 spiro atoms. The minimum Gasteiger partial charge on any atom is -0.392 e. The third-order valence-corrected chi connectivity index (χ3v) is 1.62. The van der Waals surface area contributed by atoms with Gasteiger partial charge < -0.3 is 10.3 Å². The Balaban J connectivity index is 0. The number of rotatable bonds is 0. The van der Waals surface area contributed by atoms with Crippen molar-refractivity contribution in [2.45, 2.75) is 47.1 Å². The molecule has 2 atom stereocenters. The van der Waals surface area contributed by atoms with Crippen LogP contribution in [0.15, 0.2) is 0 Å². The first kappa shape index (κ1) is 15.4. The second-order valence-corrected chi connectivity index (χ2v) is 2.87. The van der Waals surface area contributed by atoms with E-state index in [2.05, 4.69) is 0 Å². The van der Waals surface area contributed by atoms with Crippen LogP contribution in [0.4, 0.5) is 0 Å². The van der Waals surface area contributed by atoms with E-state index in [1.165, 1.54) is 5.06 Å². The fourth-order valence-electron chi connectivity index (χ4n) is 1.29. The molecular formula is C10H25NO2. The molecule has 1 fully saturated rings. The summed E-state index contributed by atoms with van der Waals surface area (Å²) < 4.78 is 0. The first-order chi connectivity index (χ1) is 6.18. The Kier molecular flexibility index (Phi) is 11.8. The second-order valence-electron chi connectivity index (χ2n) is 2.87. The number of hydroxylamine groups is 2. The van der Waals surface area contributed by atoms with E-state index in [1.807, 2.05) is 34.6 Å². The van der Waals surface area contributed by atoms with Crippen molar-refractivity contribution < 1.29 is 10.3 Å². The lowest BCUT2D eigenvalue weighted by Crippen LogP contribution is -2.40. The van der Waals surface area contributed by atoms with Crippen molar-refractivity contribution in [2.24, 2.45) is 5.92 Å². The van der Waals surface area contributed by atoms with Gasteiger partial charge in [-0.05, 0) is 12.3 Å². The van der Waals surface area contributed by atoms with Crippen molar-refractivity contribution in [3.8, 4) is 0 Å². The van der Waals surface area contributed by atoms with Gasteiger partial charge in [0.2, 0.25) is 0 Å². The average Bonchev–Trinajstić information content (AvgIpc) is 2.09. The number of hydrogen-bond acceptors (Lipinski definition) is 3. The number of hydrogen-bond donors (Lipinski definition) is 2. The van der Waals surface area contributed by atoms with Gasteiger partial charge in [-0.2, -0.15) is 5.06 Å². The van der Waals surface area contributed by atoms with Gasteiger partial charge in [0.1, 0.15) is 0 Å². The Hall–Kier alpha value is -0.120. The Bertz CT molecular complexity index is 73.9. The highest BCUT2D eigenvalue weighted by atomic mass is 16.5. The number of β-amino-alcohol motifs (C(OH)–C–C–N with tert-alkyl or cyclic N) is 1. The highest BCUT2D eigenvalue weighted by Gasteiger charge is 2.20. The van der Waals surface area contributed by atoms with Gasteiger partial charge in [-0.15, -0.1) is 0 Å². The Morgan fingerprint density at radius 3 is 1.85 bits per heavy atom. The van der Waals surface area contributed by atoms with Crippen LogP contribution in [0.3, 0.4) is 0 Å². The molecule has 1 aliphatic rings. The molecule has 3 heteroatoms. The highest BCUT2D eigenvalue weighted by Crippen LogP contribution is 2.13. The van der Waals surface area contributed by atoms with Gasteiger partial charge in [-0.1, -0.05) is 34.6 Å². The first-order valence-corrected chi connectivity index (χ1v) is 5.30. The topological polar surface area (TPSA) is 43.7 Å². The van der Waals surface area contributed by atoms with E-state index in [0.29, 0.717) is 19.0 Å². The van der Waals surface area contributed by atoms with Crippen molar-refractivity contribution in [3.63, 3.8) is 0 Å². The molecule has 0 bridgehead atoms. The minimum absolute atomic E-state index is 0.334. The first-order valence-electron chi connectivity index (χ1n) is 5.30. The molecule has 2 N–H and O–H groups in total. The maximum Gasteiger partial charge on any atom is 0.0693 e. The molecule has 0 amide bonds. The van der Waals surface area contributed by atoms with Crippen LogP contribution in [-0.4, -0.2) is 34.6 Å². The van der Waals surface area contributed by atoms with Gasteiger partial charge in [-0.3, -0.25) is 0 Å². The van der Waals surface area contributed by atoms with Gasteiger partial charge in [0.15, 0.2) is 0 Å². The van der Waals surface area contributed by atoms with Gasteiger partial charge >= 0.3 is 0 Å². The molecule has 1 rings (SSSR count). The fourth-order valence-corrected chi connectivity index (χ4v) is 1.29. The summed E-state index contributed by atoms with van der Waals surface area (Å²) in [6, 6.07) is 0. The van der Waals surface area contributed by atoms with Crippen molar-refractivity contribution in [3.05, 3.63) is 0 Å². The Labute approximate surface area is 82.3 Å². The van der Waals surface area contributed by atoms with Gasteiger partial charge in [0.25, 0.3) is 0 Å². The fraction of sp³-hybridized carbons (Fsp3) is 1.00. The van der Waals surface area contributed by atoms with Crippen LogP contribution in [0, 0.1) is 5.92 Å². The summed E-state index contributed by atoms with van der Waals surface area (Å²) in [6.45, 7) is 11.1. The monoisotopic (exact) mass is 191 g/mol. The summed E-state index contributed by atoms with van der Waals surface area (Å²) in [6.07, 6.45) is 0.482. The Morgan fingerprint density at radius 1 is 1.08 bits per heavy atom. The van der Waals surface area contributed by atoms with Crippen molar-refractivity contribution in [2.75, 3.05) is 13.1 Å². The summed E-state index contributed by atoms with van der Waals surface area (Å²) in [4.78, 5) is 0. The molecule has 0 saturated carbocycles. The van der Waals surface area contributed by atoms with E-state index in [1.54, 1.807) is 0 Å². The van der Waals surface area contributed by atoms with Crippen LogP contribution >= 0.6 is 0 Å². The number of aliphatic hydroxyl groups is 1. The van der Waals surface area contributed by atoms with Crippen LogP contribution in [0.2, 0.25) is 0 Å². The summed E-state index contributed by atoms with van der Waals surface area (Å²) in [5.41, 5.74) is 0. The van der Waals surface area contributed by atoms with Gasteiger partial charge in [-0.25, -0.2) is 0 Å². The maximum absolute atomic E-state index is 9.05. The van der Waals surface area contributed by atoms with E-state index in [4.69, 9.17) is 10.3 Å². The molecule has 82 valence electrons. The van der Waals surface area contributed by atoms with Crippen molar-refractivity contribution in [1.82, 2.24) is 5.06 Å². The molecular weight excluding hydrogens is 166 g/mol. The minimum atomic E-state index is -0.334. The van der Waals surface area contributed by atoms with Crippen LogP contribution < -0.4 is 0 Å². The Morgan fingerprint density at radius 2 is 1.54 bits per heavy atom. The van der Waals surface area contributed by atoms with E-state index in [9.17, 15) is 0 Å². The molecule has 0 radical (unpaired) electrons. The van der Waals surface area contributed by atoms with Crippen LogP contribution in [0.25, 0.3) is 0 Å². The predicted molar refractivity (Wildman–Crippen MR) is 55.8 cm³/mol. The summed E-state index contributed by atoms with van der Waals surface area (Å²) in [5, 5.41) is 19.2. The van der Waals surface area contributed by atoms with E-state index >= 15 is 0 Å². The number of piperidine rings is 1. The second kappa shape index (κ2) is 9.96. The molecule has 13 heavy (non-hydrogen) atoms. The zero-order chi connectivity index (χ0) is 10.9. The summed E-state index contributed by atoms with van der Waals surface area (Å²) in [7, 11) is 0. The van der Waals surface area contributed by atoms with E-state index in [0.717, 1.165) is 6.42 Å². The SMILES string of the molecule is CC.CC.C[C@@H]1C[C@@H](O)CN(O)C1. The lowest BCUT2D eigenvalue weighted by molar-refractivity contribution is -0.145. The quantitative estimate of drug-likeness (QED) is 0.616. The van der Waals surface area contributed by atoms with E-state index in [-0.39, 0.29) is 6.10 Å². The lowest BCUT2D eigenvalue weighted by atomic mass is 10.00. The zero-order valence-electron chi connectivity index (χ0n) is 9.62. The van der Waals surface area contributed by atoms with Crippen molar-refractivity contribution in [1.29, 1.82) is 0 Å². The molecule has 0 aliphatic carbocycles. The standard InChI is InChI=1S/C6H13NO2.2C2H6/c1-5-2-6(8)4-7(9)3-5;2*1-2/h5-6,8-9H,2-4H2,1H3;2*1-2H3/t5-,6-;;/m1../s1. The third kappa shape index (κ3) is 8.22. The molecule has 0 aromatic carbocycles. The highest BCUT2D eigenvalue weighted by molar-refractivity contribution is 4.70. The van der Waals surface area contributed by atoms with Gasteiger partial charge in [0, 0.05) is 13.1 Å². The smallest absolute Gasteiger partial charge is 0.0693 e. The molecule has 0 aromatic heterocycles. The largest absolute Gasteiger partial charge is 0.392 e. The summed E-state index contributed by atoms with van der Waals surface area (Å²) in [5.74, 6) is 0.416. The number of aliphatic hydroxyl groups excluding tert-OH is 1.